The Morgan fingerprint density at radius 2 is 1.93 bits per heavy atom. The van der Waals surface area contributed by atoms with Gasteiger partial charge < -0.3 is 15.0 Å². The molecule has 0 saturated carbocycles. The van der Waals surface area contributed by atoms with Crippen molar-refractivity contribution >= 4 is 27.8 Å². The second-order valence-electron chi connectivity index (χ2n) is 7.65. The van der Waals surface area contributed by atoms with Gasteiger partial charge >= 0.3 is 0 Å². The molecule has 0 amide bonds. The summed E-state index contributed by atoms with van der Waals surface area (Å²) >= 11 is 0. The van der Waals surface area contributed by atoms with Crippen LogP contribution >= 0.6 is 0 Å². The molecule has 1 unspecified atom stereocenters. The molecule has 2 heterocycles. The molecule has 1 atom stereocenters. The van der Waals surface area contributed by atoms with Gasteiger partial charge in [0.1, 0.15) is 11.3 Å². The first kappa shape index (κ1) is 20.6. The van der Waals surface area contributed by atoms with E-state index in [1.807, 2.05) is 0 Å². The van der Waals surface area contributed by atoms with Crippen LogP contribution in [0, 0.1) is 0 Å². The second kappa shape index (κ2) is 9.37. The highest BCUT2D eigenvalue weighted by Gasteiger charge is 2.17. The van der Waals surface area contributed by atoms with Crippen molar-refractivity contribution in [3.8, 4) is 0 Å². The molecular weight excluding hydrogens is 348 g/mol. The molecule has 0 aliphatic carbocycles. The maximum Gasteiger partial charge on any atom is 0.152 e. The minimum absolute atomic E-state index is 0.427. The second-order valence-corrected chi connectivity index (χ2v) is 7.65. The molecule has 5 heteroatoms. The van der Waals surface area contributed by atoms with E-state index in [2.05, 4.69) is 50.5 Å². The lowest BCUT2D eigenvalue weighted by Gasteiger charge is -2.14. The van der Waals surface area contributed by atoms with Gasteiger partial charge in [0, 0.05) is 31.6 Å². The molecule has 1 aromatic carbocycles. The Kier molecular flexibility index (Phi) is 6.89. The summed E-state index contributed by atoms with van der Waals surface area (Å²) in [5, 5.41) is 1.14. The molecule has 0 aliphatic heterocycles. The van der Waals surface area contributed by atoms with E-state index in [0.717, 1.165) is 79.6 Å². The summed E-state index contributed by atoms with van der Waals surface area (Å²) in [6, 6.07) is 6.61. The van der Waals surface area contributed by atoms with Crippen molar-refractivity contribution in [2.24, 2.45) is 0 Å². The highest BCUT2D eigenvalue weighted by Crippen LogP contribution is 2.31. The van der Waals surface area contributed by atoms with Crippen LogP contribution in [0.4, 0.5) is 5.82 Å². The number of nitrogen functional groups attached to an aromatic ring is 1. The predicted octanol–water partition coefficient (Wildman–Crippen LogP) is 5.45. The molecule has 2 aromatic heterocycles. The van der Waals surface area contributed by atoms with Crippen LogP contribution < -0.4 is 5.73 Å². The number of fused-ring (bicyclic) bond motifs is 3. The van der Waals surface area contributed by atoms with Crippen molar-refractivity contribution in [1.82, 2.24) is 14.5 Å². The molecule has 0 saturated heterocycles. The Hall–Kier alpha value is -2.14. The number of nitrogens with two attached hydrogens (primary N) is 1. The summed E-state index contributed by atoms with van der Waals surface area (Å²) < 4.78 is 7.97. The quantitative estimate of drug-likeness (QED) is 0.474. The van der Waals surface area contributed by atoms with E-state index in [0.29, 0.717) is 11.7 Å². The third-order valence-electron chi connectivity index (χ3n) is 5.49. The lowest BCUT2D eigenvalue weighted by molar-refractivity contribution is 0.128. The number of anilines is 1. The lowest BCUT2D eigenvalue weighted by Crippen LogP contribution is -2.03. The van der Waals surface area contributed by atoms with Gasteiger partial charge in [-0.3, -0.25) is 0 Å². The number of ether oxygens (including phenoxy) is 1. The van der Waals surface area contributed by atoms with E-state index in [9.17, 15) is 0 Å². The molecule has 0 bridgehead atoms. The van der Waals surface area contributed by atoms with Crippen LogP contribution in [0.15, 0.2) is 18.2 Å². The first-order chi connectivity index (χ1) is 13.6. The predicted molar refractivity (Wildman–Crippen MR) is 118 cm³/mol. The van der Waals surface area contributed by atoms with Crippen molar-refractivity contribution in [2.45, 2.75) is 72.3 Å². The van der Waals surface area contributed by atoms with Gasteiger partial charge in [0.2, 0.25) is 0 Å². The van der Waals surface area contributed by atoms with Gasteiger partial charge in [-0.25, -0.2) is 9.97 Å². The molecule has 2 N–H and O–H groups in total. The number of hydrogen-bond acceptors (Lipinski definition) is 4. The number of rotatable bonds is 10. The summed E-state index contributed by atoms with van der Waals surface area (Å²) in [5.41, 5.74) is 10.5. The molecule has 28 heavy (non-hydrogen) atoms. The first-order valence-electron chi connectivity index (χ1n) is 10.8. The Morgan fingerprint density at radius 1 is 1.11 bits per heavy atom. The van der Waals surface area contributed by atoms with Gasteiger partial charge in [-0.05, 0) is 43.7 Å². The summed E-state index contributed by atoms with van der Waals surface area (Å²) in [5.74, 6) is 2.07. The van der Waals surface area contributed by atoms with Crippen molar-refractivity contribution in [3.63, 3.8) is 0 Å². The molecular formula is C23H34N4O. The Morgan fingerprint density at radius 3 is 2.64 bits per heavy atom. The number of aromatic nitrogens is 3. The van der Waals surface area contributed by atoms with E-state index in [4.69, 9.17) is 20.4 Å². The molecule has 0 spiro atoms. The van der Waals surface area contributed by atoms with E-state index >= 15 is 0 Å². The van der Waals surface area contributed by atoms with Gasteiger partial charge in [0.05, 0.1) is 11.0 Å². The first-order valence-corrected chi connectivity index (χ1v) is 10.8. The molecule has 3 aromatic rings. The number of aryl methyl sites for hydroxylation is 2. The number of unbranched alkanes of at least 4 members (excludes halogenated alkanes) is 1. The van der Waals surface area contributed by atoms with Crippen LogP contribution in [0.3, 0.4) is 0 Å². The molecule has 0 radical (unpaired) electrons. The van der Waals surface area contributed by atoms with E-state index in [-0.39, 0.29) is 0 Å². The molecule has 0 fully saturated rings. The van der Waals surface area contributed by atoms with Crippen LogP contribution in [0.2, 0.25) is 0 Å². The fourth-order valence-electron chi connectivity index (χ4n) is 3.82. The fourth-order valence-corrected chi connectivity index (χ4v) is 3.82. The van der Waals surface area contributed by atoms with Crippen LogP contribution in [0.1, 0.15) is 70.7 Å². The summed E-state index contributed by atoms with van der Waals surface area (Å²) in [7, 11) is 0. The topological polar surface area (TPSA) is 66.0 Å². The number of nitrogens with zero attached hydrogens (tertiary/aromatic N) is 3. The van der Waals surface area contributed by atoms with Gasteiger partial charge in [-0.1, -0.05) is 39.3 Å². The van der Waals surface area contributed by atoms with E-state index in [1.165, 1.54) is 5.56 Å². The number of pyridine rings is 1. The summed E-state index contributed by atoms with van der Waals surface area (Å²) in [6.45, 7) is 11.3. The fraction of sp³-hybridized carbons (Fsp3) is 0.565. The maximum absolute atomic E-state index is 6.32. The Bertz CT molecular complexity index is 931. The molecule has 0 aliphatic rings. The monoisotopic (exact) mass is 382 g/mol. The molecule has 5 nitrogen and oxygen atoms in total. The lowest BCUT2D eigenvalue weighted by atomic mass is 9.96. The van der Waals surface area contributed by atoms with Crippen molar-refractivity contribution in [3.05, 3.63) is 29.6 Å². The average Bonchev–Trinajstić information content (AvgIpc) is 3.08. The van der Waals surface area contributed by atoms with Crippen LogP contribution in [-0.4, -0.2) is 27.7 Å². The highest BCUT2D eigenvalue weighted by atomic mass is 16.5. The van der Waals surface area contributed by atoms with Gasteiger partial charge in [-0.15, -0.1) is 0 Å². The van der Waals surface area contributed by atoms with Gasteiger partial charge in [0.25, 0.3) is 0 Å². The van der Waals surface area contributed by atoms with Crippen LogP contribution in [0.5, 0.6) is 0 Å². The van der Waals surface area contributed by atoms with E-state index < -0.39 is 0 Å². The largest absolute Gasteiger partial charge is 0.382 e. The molecule has 152 valence electrons. The Labute approximate surface area is 168 Å². The number of hydrogen-bond donors (Lipinski definition) is 1. The zero-order chi connectivity index (χ0) is 20.1. The van der Waals surface area contributed by atoms with Crippen LogP contribution in [0.25, 0.3) is 21.9 Å². The number of benzene rings is 1. The van der Waals surface area contributed by atoms with Crippen molar-refractivity contribution in [1.29, 1.82) is 0 Å². The normalized spacial score (nSPS) is 12.9. The van der Waals surface area contributed by atoms with Crippen LogP contribution in [-0.2, 0) is 17.7 Å². The average molecular weight is 383 g/mol. The zero-order valence-electron chi connectivity index (χ0n) is 17.8. The Balaban J connectivity index is 1.99. The van der Waals surface area contributed by atoms with Crippen molar-refractivity contribution < 1.29 is 4.74 Å². The summed E-state index contributed by atoms with van der Waals surface area (Å²) in [6.07, 6.45) is 5.35. The highest BCUT2D eigenvalue weighted by molar-refractivity contribution is 6.06. The number of imidazole rings is 1. The van der Waals surface area contributed by atoms with Gasteiger partial charge in [0.15, 0.2) is 5.82 Å². The standard InChI is InChI=1S/C23H34N4O/c1-5-8-9-20-26-21-22(27(20)7-3)18-11-10-17(15-19(18)25-23(21)24)16(4)12-14-28-13-6-2/h10-11,15-16H,5-9,12-14H2,1-4H3,(H2,24,25). The van der Waals surface area contributed by atoms with Crippen molar-refractivity contribution in [2.75, 3.05) is 18.9 Å². The molecule has 3 rings (SSSR count). The maximum atomic E-state index is 6.32. The smallest absolute Gasteiger partial charge is 0.152 e. The minimum atomic E-state index is 0.427. The third-order valence-corrected chi connectivity index (χ3v) is 5.49. The minimum Gasteiger partial charge on any atom is -0.382 e. The SMILES string of the molecule is CCCCc1nc2c(N)nc3cc(C(C)CCOCCC)ccc3c2n1CC. The summed E-state index contributed by atoms with van der Waals surface area (Å²) in [4.78, 5) is 9.54. The third kappa shape index (κ3) is 4.14. The van der Waals surface area contributed by atoms with Gasteiger partial charge in [-0.2, -0.15) is 0 Å². The van der Waals surface area contributed by atoms with E-state index in [1.54, 1.807) is 0 Å². The zero-order valence-corrected chi connectivity index (χ0v) is 17.8.